The molecule has 0 aromatic carbocycles. The van der Waals surface area contributed by atoms with E-state index in [4.69, 9.17) is 9.72 Å². The largest absolute Gasteiger partial charge is 0.450 e. The van der Waals surface area contributed by atoms with E-state index in [1.165, 1.54) is 0 Å². The molecule has 3 rings (SSSR count). The molecule has 0 spiro atoms. The third-order valence-electron chi connectivity index (χ3n) is 4.90. The lowest BCUT2D eigenvalue weighted by atomic mass is 10.1. The smallest absolute Gasteiger partial charge is 0.409 e. The lowest BCUT2D eigenvalue weighted by Crippen LogP contribution is -2.42. The molecule has 2 aromatic heterocycles. The molecule has 1 saturated heterocycles. The molecule has 8 heteroatoms. The van der Waals surface area contributed by atoms with Crippen molar-refractivity contribution >= 4 is 28.3 Å². The Morgan fingerprint density at radius 1 is 1.37 bits per heavy atom. The molecule has 0 bridgehead atoms. The van der Waals surface area contributed by atoms with E-state index in [2.05, 4.69) is 10.3 Å². The Balaban J connectivity index is 1.64. The maximum absolute atomic E-state index is 11.8. The van der Waals surface area contributed by atoms with E-state index < -0.39 is 0 Å². The number of H-pyrrole nitrogens is 1. The van der Waals surface area contributed by atoms with E-state index in [1.54, 1.807) is 23.2 Å². The van der Waals surface area contributed by atoms with Crippen LogP contribution in [0.5, 0.6) is 0 Å². The van der Waals surface area contributed by atoms with Gasteiger partial charge < -0.3 is 19.9 Å². The summed E-state index contributed by atoms with van der Waals surface area (Å²) in [5.74, 6) is 0.0643. The van der Waals surface area contributed by atoms with E-state index >= 15 is 0 Å². The lowest BCUT2D eigenvalue weighted by molar-refractivity contribution is 0.0981. The number of aryl methyl sites for hydroxylation is 1. The van der Waals surface area contributed by atoms with Gasteiger partial charge in [-0.1, -0.05) is 0 Å². The number of nitrogens with one attached hydrogen (secondary N) is 2. The maximum atomic E-state index is 11.8. The van der Waals surface area contributed by atoms with E-state index in [-0.39, 0.29) is 17.9 Å². The average molecular weight is 391 g/mol. The maximum Gasteiger partial charge on any atom is 0.409 e. The Bertz CT molecular complexity index is 834. The molecule has 146 valence electrons. The van der Waals surface area contributed by atoms with Crippen LogP contribution in [0.1, 0.15) is 48.3 Å². The first-order valence-electron chi connectivity index (χ1n) is 9.25. The van der Waals surface area contributed by atoms with Gasteiger partial charge in [0.2, 0.25) is 0 Å². The molecule has 0 radical (unpaired) electrons. The zero-order chi connectivity index (χ0) is 19.6. The van der Waals surface area contributed by atoms with Crippen LogP contribution >= 0.6 is 11.3 Å². The second kappa shape index (κ2) is 8.12. The van der Waals surface area contributed by atoms with Crippen LogP contribution in [0.15, 0.2) is 5.38 Å². The third-order valence-corrected chi connectivity index (χ3v) is 5.67. The minimum absolute atomic E-state index is 0.0643. The number of piperidine rings is 1. The number of aromatic nitrogens is 2. The lowest BCUT2D eigenvalue weighted by Gasteiger charge is -2.31. The summed E-state index contributed by atoms with van der Waals surface area (Å²) >= 11 is 1.55. The molecular formula is C19H26N4O3S. The van der Waals surface area contributed by atoms with E-state index in [9.17, 15) is 9.59 Å². The molecule has 0 saturated carbocycles. The van der Waals surface area contributed by atoms with Crippen LogP contribution in [0.25, 0.3) is 11.4 Å². The minimum Gasteiger partial charge on any atom is -0.450 e. The van der Waals surface area contributed by atoms with Crippen LogP contribution in [-0.4, -0.2) is 52.5 Å². The minimum atomic E-state index is -0.230. The van der Waals surface area contributed by atoms with Gasteiger partial charge >= 0.3 is 6.09 Å². The monoisotopic (exact) mass is 390 g/mol. The summed E-state index contributed by atoms with van der Waals surface area (Å²) in [6.07, 6.45) is 1.50. The zero-order valence-electron chi connectivity index (χ0n) is 16.2. The van der Waals surface area contributed by atoms with E-state index in [0.29, 0.717) is 19.7 Å². The predicted molar refractivity (Wildman–Crippen MR) is 107 cm³/mol. The number of ketones is 1. The number of carbonyl (C=O) groups excluding carboxylic acids is 2. The number of hydrogen-bond acceptors (Lipinski definition) is 6. The Kier molecular flexibility index (Phi) is 5.84. The van der Waals surface area contributed by atoms with Crippen LogP contribution in [0, 0.1) is 13.8 Å². The van der Waals surface area contributed by atoms with Gasteiger partial charge in [0.1, 0.15) is 5.69 Å². The fraction of sp³-hybridized carbons (Fsp3) is 0.526. The number of carbonyl (C=O) groups is 2. The van der Waals surface area contributed by atoms with Gasteiger partial charge in [0.15, 0.2) is 10.9 Å². The highest BCUT2D eigenvalue weighted by Crippen LogP contribution is 2.31. The molecule has 1 aliphatic rings. The number of ether oxygens (including phenoxy) is 1. The zero-order valence-corrected chi connectivity index (χ0v) is 17.0. The van der Waals surface area contributed by atoms with Crippen LogP contribution < -0.4 is 5.32 Å². The number of likely N-dealkylation sites (tertiary alicyclic amines) is 1. The predicted octanol–water partition coefficient (Wildman–Crippen LogP) is 3.99. The summed E-state index contributed by atoms with van der Waals surface area (Å²) in [7, 11) is 0. The van der Waals surface area contributed by atoms with Crippen molar-refractivity contribution in [2.45, 2.75) is 46.6 Å². The normalized spacial score (nSPS) is 15.0. The molecule has 2 aromatic rings. The second-order valence-corrected chi connectivity index (χ2v) is 7.68. The summed E-state index contributed by atoms with van der Waals surface area (Å²) in [6.45, 7) is 9.05. The average Bonchev–Trinajstić information content (AvgIpc) is 3.19. The van der Waals surface area contributed by atoms with Gasteiger partial charge in [-0.25, -0.2) is 9.78 Å². The second-order valence-electron chi connectivity index (χ2n) is 6.82. The van der Waals surface area contributed by atoms with Crippen LogP contribution in [0.3, 0.4) is 0 Å². The van der Waals surface area contributed by atoms with Gasteiger partial charge in [-0.05, 0) is 46.1 Å². The number of aromatic amines is 1. The third kappa shape index (κ3) is 4.16. The van der Waals surface area contributed by atoms with Crippen molar-refractivity contribution in [3.8, 4) is 11.4 Å². The van der Waals surface area contributed by atoms with Crippen molar-refractivity contribution < 1.29 is 14.3 Å². The first-order valence-corrected chi connectivity index (χ1v) is 10.1. The highest BCUT2D eigenvalue weighted by atomic mass is 32.1. The number of hydrogen-bond donors (Lipinski definition) is 2. The number of Topliss-reactive ketones (excluding diaryl/α,β-unsaturated/α-hetero) is 1. The van der Waals surface area contributed by atoms with Gasteiger partial charge in [0.25, 0.3) is 0 Å². The molecule has 1 fully saturated rings. The van der Waals surface area contributed by atoms with Crippen LogP contribution in [-0.2, 0) is 4.74 Å². The fourth-order valence-electron chi connectivity index (χ4n) is 3.58. The molecule has 1 aliphatic heterocycles. The fourth-order valence-corrected chi connectivity index (χ4v) is 4.36. The molecule has 0 unspecified atom stereocenters. The van der Waals surface area contributed by atoms with Crippen molar-refractivity contribution in [1.82, 2.24) is 14.9 Å². The van der Waals surface area contributed by atoms with Gasteiger partial charge in [-0.3, -0.25) is 4.79 Å². The molecule has 3 heterocycles. The molecule has 2 N–H and O–H groups in total. The molecule has 0 aliphatic carbocycles. The van der Waals surface area contributed by atoms with Crippen molar-refractivity contribution in [3.05, 3.63) is 22.2 Å². The summed E-state index contributed by atoms with van der Waals surface area (Å²) in [5.41, 5.74) is 4.32. The number of thiazole rings is 1. The van der Waals surface area contributed by atoms with Crippen molar-refractivity contribution in [1.29, 1.82) is 0 Å². The molecular weight excluding hydrogens is 364 g/mol. The van der Waals surface area contributed by atoms with Crippen molar-refractivity contribution in [2.24, 2.45) is 0 Å². The number of amides is 1. The first-order chi connectivity index (χ1) is 12.9. The van der Waals surface area contributed by atoms with Gasteiger partial charge in [0.05, 0.1) is 12.3 Å². The summed E-state index contributed by atoms with van der Waals surface area (Å²) in [6, 6.07) is 0.286. The molecule has 27 heavy (non-hydrogen) atoms. The summed E-state index contributed by atoms with van der Waals surface area (Å²) in [5, 5.41) is 6.33. The highest BCUT2D eigenvalue weighted by Gasteiger charge is 2.24. The van der Waals surface area contributed by atoms with Crippen LogP contribution in [0.2, 0.25) is 0 Å². The Hall–Kier alpha value is -2.35. The first kappa shape index (κ1) is 19.4. The van der Waals surface area contributed by atoms with E-state index in [0.717, 1.165) is 46.2 Å². The summed E-state index contributed by atoms with van der Waals surface area (Å²) in [4.78, 5) is 33.3. The number of rotatable bonds is 5. The number of anilines is 1. The Morgan fingerprint density at radius 3 is 2.67 bits per heavy atom. The van der Waals surface area contributed by atoms with Gasteiger partial charge in [-0.15, -0.1) is 11.3 Å². The van der Waals surface area contributed by atoms with Gasteiger partial charge in [0, 0.05) is 35.8 Å². The molecule has 1 amide bonds. The number of nitrogens with zero attached hydrogens (tertiary/aromatic N) is 2. The molecule has 0 atom stereocenters. The quantitative estimate of drug-likeness (QED) is 0.754. The Labute approximate surface area is 163 Å². The summed E-state index contributed by atoms with van der Waals surface area (Å²) < 4.78 is 5.06. The Morgan fingerprint density at radius 2 is 2.07 bits per heavy atom. The van der Waals surface area contributed by atoms with Crippen LogP contribution in [0.4, 0.5) is 9.93 Å². The standard InChI is InChI=1S/C19H26N4O3S/c1-5-26-19(25)23-8-6-14(7-9-23)21-18-22-15(10-27-18)17-11(2)16(13(4)24)12(3)20-17/h10,14,20H,5-9H2,1-4H3,(H,21,22). The topological polar surface area (TPSA) is 87.3 Å². The molecule has 7 nitrogen and oxygen atoms in total. The highest BCUT2D eigenvalue weighted by molar-refractivity contribution is 7.14. The van der Waals surface area contributed by atoms with Crippen molar-refractivity contribution in [2.75, 3.05) is 25.0 Å². The van der Waals surface area contributed by atoms with Gasteiger partial charge in [-0.2, -0.15) is 0 Å². The van der Waals surface area contributed by atoms with E-state index in [1.807, 2.05) is 26.2 Å². The SMILES string of the molecule is CCOC(=O)N1CCC(Nc2nc(-c3[nH]c(C)c(C(C)=O)c3C)cs2)CC1. The van der Waals surface area contributed by atoms with Crippen molar-refractivity contribution in [3.63, 3.8) is 0 Å².